The number of aliphatic carboxylic acids is 1. The lowest BCUT2D eigenvalue weighted by molar-refractivity contribution is -0.140. The maximum atomic E-state index is 11.8. The third-order valence-electron chi connectivity index (χ3n) is 2.71. The minimum absolute atomic E-state index is 0.0519. The first-order valence-electron chi connectivity index (χ1n) is 6.38. The average molecular weight is 297 g/mol. The van der Waals surface area contributed by atoms with Gasteiger partial charge in [0.1, 0.15) is 6.04 Å². The number of carbonyl (C=O) groups excluding carboxylic acids is 1. The van der Waals surface area contributed by atoms with E-state index in [1.165, 1.54) is 12.5 Å². The second-order valence-corrected chi connectivity index (χ2v) is 6.11. The van der Waals surface area contributed by atoms with Crippen molar-refractivity contribution in [3.05, 3.63) is 35.9 Å². The zero-order valence-corrected chi connectivity index (χ0v) is 12.2. The number of rotatable bonds is 8. The quantitative estimate of drug-likeness (QED) is 0.748. The molecular weight excluding hydrogens is 278 g/mol. The molecule has 110 valence electrons. The van der Waals surface area contributed by atoms with Gasteiger partial charge < -0.3 is 10.4 Å². The van der Waals surface area contributed by atoms with Crippen LogP contribution in [0.4, 0.5) is 0 Å². The zero-order valence-electron chi connectivity index (χ0n) is 11.4. The van der Waals surface area contributed by atoms with E-state index in [0.717, 1.165) is 12.8 Å². The summed E-state index contributed by atoms with van der Waals surface area (Å²) in [4.78, 5) is 21.8. The summed E-state index contributed by atoms with van der Waals surface area (Å²) in [6, 6.07) is 8.75. The lowest BCUT2D eigenvalue weighted by atomic mass is 10.1. The Kier molecular flexibility index (Phi) is 6.93. The van der Waals surface area contributed by atoms with Crippen LogP contribution < -0.4 is 5.32 Å². The average Bonchev–Trinajstić information content (AvgIpc) is 2.38. The topological polar surface area (TPSA) is 83.5 Å². The normalized spacial score (nSPS) is 13.4. The predicted octanol–water partition coefficient (Wildman–Crippen LogP) is 0.957. The largest absolute Gasteiger partial charge is 0.480 e. The Morgan fingerprint density at radius 1 is 1.30 bits per heavy atom. The molecule has 0 aliphatic carbocycles. The Morgan fingerprint density at radius 2 is 1.95 bits per heavy atom. The molecular formula is C14H19NO4S. The van der Waals surface area contributed by atoms with Gasteiger partial charge in [0.05, 0.1) is 5.75 Å². The molecule has 6 heteroatoms. The van der Waals surface area contributed by atoms with Gasteiger partial charge >= 0.3 is 5.97 Å². The number of carboxylic acids is 1. The molecule has 0 aliphatic heterocycles. The van der Waals surface area contributed by atoms with E-state index in [-0.39, 0.29) is 5.75 Å². The van der Waals surface area contributed by atoms with Crippen LogP contribution in [-0.4, -0.2) is 38.7 Å². The Labute approximate surface area is 120 Å². The third kappa shape index (κ3) is 6.47. The first-order chi connectivity index (χ1) is 9.49. The summed E-state index contributed by atoms with van der Waals surface area (Å²) >= 11 is 0. The van der Waals surface area contributed by atoms with Gasteiger partial charge in [-0.1, -0.05) is 30.3 Å². The van der Waals surface area contributed by atoms with E-state index >= 15 is 0 Å². The van der Waals surface area contributed by atoms with E-state index in [9.17, 15) is 13.8 Å². The Morgan fingerprint density at radius 3 is 2.50 bits per heavy atom. The van der Waals surface area contributed by atoms with Crippen molar-refractivity contribution in [1.82, 2.24) is 5.32 Å². The maximum absolute atomic E-state index is 11.8. The molecule has 0 heterocycles. The van der Waals surface area contributed by atoms with Crippen molar-refractivity contribution in [2.24, 2.45) is 0 Å². The van der Waals surface area contributed by atoms with Crippen molar-refractivity contribution in [2.45, 2.75) is 25.8 Å². The standard InChI is InChI=1S/C14H19NO4S/c1-11(16)15-13(14(17)18)10-20(19)9-5-8-12-6-3-2-4-7-12/h2-4,6-7,13H,5,8-10H2,1H3,(H,15,16)(H,17,18)/t13-,20?/m0/s1. The number of hydrogen-bond donors (Lipinski definition) is 2. The summed E-state index contributed by atoms with van der Waals surface area (Å²) in [7, 11) is -1.26. The van der Waals surface area contributed by atoms with E-state index in [2.05, 4.69) is 5.32 Å². The highest BCUT2D eigenvalue weighted by Crippen LogP contribution is 2.03. The molecule has 2 atom stereocenters. The number of nitrogens with one attached hydrogen (secondary N) is 1. The van der Waals surface area contributed by atoms with E-state index in [1.54, 1.807) is 0 Å². The van der Waals surface area contributed by atoms with Crippen molar-refractivity contribution in [3.8, 4) is 0 Å². The molecule has 0 saturated carbocycles. The highest BCUT2D eigenvalue weighted by atomic mass is 32.2. The summed E-state index contributed by atoms with van der Waals surface area (Å²) in [5.41, 5.74) is 1.17. The SMILES string of the molecule is CC(=O)N[C@@H](CS(=O)CCCc1ccccc1)C(=O)O. The van der Waals surface area contributed by atoms with Crippen LogP contribution in [0.1, 0.15) is 18.9 Å². The fourth-order valence-corrected chi connectivity index (χ4v) is 3.00. The van der Waals surface area contributed by atoms with Gasteiger partial charge in [0.25, 0.3) is 0 Å². The number of hydrogen-bond acceptors (Lipinski definition) is 3. The molecule has 0 bridgehead atoms. The van der Waals surface area contributed by atoms with Gasteiger partial charge in [-0.15, -0.1) is 0 Å². The van der Waals surface area contributed by atoms with Crippen molar-refractivity contribution < 1.29 is 18.9 Å². The van der Waals surface area contributed by atoms with Crippen molar-refractivity contribution in [1.29, 1.82) is 0 Å². The smallest absolute Gasteiger partial charge is 0.327 e. The molecule has 1 aromatic carbocycles. The monoisotopic (exact) mass is 297 g/mol. The Balaban J connectivity index is 2.35. The van der Waals surface area contributed by atoms with Gasteiger partial charge in [0, 0.05) is 23.5 Å². The van der Waals surface area contributed by atoms with Gasteiger partial charge in [-0.2, -0.15) is 0 Å². The lowest BCUT2D eigenvalue weighted by Gasteiger charge is -2.12. The molecule has 5 nitrogen and oxygen atoms in total. The summed E-state index contributed by atoms with van der Waals surface area (Å²) in [6.07, 6.45) is 1.54. The minimum atomic E-state index is -1.26. The number of carboxylic acid groups (broad SMARTS) is 1. The molecule has 1 amide bonds. The van der Waals surface area contributed by atoms with Crippen LogP contribution in [-0.2, 0) is 26.8 Å². The molecule has 0 aliphatic rings. The van der Waals surface area contributed by atoms with E-state index in [0.29, 0.717) is 5.75 Å². The van der Waals surface area contributed by atoms with Crippen molar-refractivity contribution >= 4 is 22.7 Å². The number of benzene rings is 1. The molecule has 0 aromatic heterocycles. The maximum Gasteiger partial charge on any atom is 0.327 e. The predicted molar refractivity (Wildman–Crippen MR) is 77.9 cm³/mol. The molecule has 1 unspecified atom stereocenters. The summed E-state index contributed by atoms with van der Waals surface area (Å²) < 4.78 is 11.8. The fourth-order valence-electron chi connectivity index (χ4n) is 1.77. The van der Waals surface area contributed by atoms with Gasteiger partial charge in [-0.3, -0.25) is 9.00 Å². The fraction of sp³-hybridized carbons (Fsp3) is 0.429. The van der Waals surface area contributed by atoms with Gasteiger partial charge in [0.15, 0.2) is 0 Å². The molecule has 0 saturated heterocycles. The Bertz CT molecular complexity index is 475. The van der Waals surface area contributed by atoms with Crippen LogP contribution in [0.5, 0.6) is 0 Å². The Hall–Kier alpha value is -1.69. The summed E-state index contributed by atoms with van der Waals surface area (Å²) in [6.45, 7) is 1.24. The molecule has 1 rings (SSSR count). The van der Waals surface area contributed by atoms with E-state index < -0.39 is 28.7 Å². The van der Waals surface area contributed by atoms with Gasteiger partial charge in [-0.25, -0.2) is 4.79 Å². The van der Waals surface area contributed by atoms with Gasteiger partial charge in [0.2, 0.25) is 5.91 Å². The van der Waals surface area contributed by atoms with E-state index in [4.69, 9.17) is 5.11 Å². The summed E-state index contributed by atoms with van der Waals surface area (Å²) in [5.74, 6) is -1.21. The highest BCUT2D eigenvalue weighted by Gasteiger charge is 2.20. The zero-order chi connectivity index (χ0) is 15.0. The molecule has 0 spiro atoms. The second kappa shape index (κ2) is 8.47. The van der Waals surface area contributed by atoms with Crippen LogP contribution in [0.15, 0.2) is 30.3 Å². The number of carbonyl (C=O) groups is 2. The molecule has 0 radical (unpaired) electrons. The van der Waals surface area contributed by atoms with Crippen LogP contribution in [0.25, 0.3) is 0 Å². The van der Waals surface area contributed by atoms with Gasteiger partial charge in [-0.05, 0) is 18.4 Å². The van der Waals surface area contributed by atoms with Crippen LogP contribution in [0, 0.1) is 0 Å². The first-order valence-corrected chi connectivity index (χ1v) is 7.86. The van der Waals surface area contributed by atoms with Crippen LogP contribution in [0.3, 0.4) is 0 Å². The van der Waals surface area contributed by atoms with E-state index in [1.807, 2.05) is 30.3 Å². The van der Waals surface area contributed by atoms with Crippen LogP contribution in [0.2, 0.25) is 0 Å². The second-order valence-electron chi connectivity index (χ2n) is 4.49. The summed E-state index contributed by atoms with van der Waals surface area (Å²) in [5, 5.41) is 11.2. The number of amides is 1. The minimum Gasteiger partial charge on any atom is -0.480 e. The highest BCUT2D eigenvalue weighted by molar-refractivity contribution is 7.85. The molecule has 20 heavy (non-hydrogen) atoms. The molecule has 1 aromatic rings. The van der Waals surface area contributed by atoms with Crippen LogP contribution >= 0.6 is 0 Å². The van der Waals surface area contributed by atoms with Crippen molar-refractivity contribution in [2.75, 3.05) is 11.5 Å². The lowest BCUT2D eigenvalue weighted by Crippen LogP contribution is -2.43. The van der Waals surface area contributed by atoms with Crippen molar-refractivity contribution in [3.63, 3.8) is 0 Å². The molecule has 2 N–H and O–H groups in total. The third-order valence-corrected chi connectivity index (χ3v) is 4.16. The molecule has 0 fully saturated rings. The number of aryl methyl sites for hydroxylation is 1. The first kappa shape index (κ1) is 16.4.